The highest BCUT2D eigenvalue weighted by atomic mass is 35.5. The molecule has 596 valence electrons. The maximum atomic E-state index is 16.0. The van der Waals surface area contributed by atoms with E-state index in [1.807, 2.05) is 13.8 Å². The van der Waals surface area contributed by atoms with Crippen LogP contribution in [-0.4, -0.2) is 143 Å². The van der Waals surface area contributed by atoms with Crippen LogP contribution < -0.4 is 72.5 Å². The van der Waals surface area contributed by atoms with Crippen molar-refractivity contribution in [3.05, 3.63) is 152 Å². The Hall–Kier alpha value is -9.67. The van der Waals surface area contributed by atoms with Gasteiger partial charge in [-0.1, -0.05) is 81.1 Å². The summed E-state index contributed by atoms with van der Waals surface area (Å²) in [5, 5.41) is 99.5. The summed E-state index contributed by atoms with van der Waals surface area (Å²) >= 11 is 13.9. The van der Waals surface area contributed by atoms with E-state index in [-0.39, 0.29) is 138 Å². The van der Waals surface area contributed by atoms with Crippen molar-refractivity contribution in [1.29, 1.82) is 0 Å². The van der Waals surface area contributed by atoms with Gasteiger partial charge in [0, 0.05) is 35.8 Å². The number of hydrogen-bond acceptors (Lipinski definition) is 21. The van der Waals surface area contributed by atoms with Gasteiger partial charge in [0.25, 0.3) is 0 Å². The minimum Gasteiger partial charge on any atom is -0.508 e. The molecule has 0 unspecified atom stereocenters. The van der Waals surface area contributed by atoms with Crippen LogP contribution in [0.2, 0.25) is 10.0 Å². The van der Waals surface area contributed by atoms with Gasteiger partial charge in [-0.25, -0.2) is 13.1 Å². The zero-order chi connectivity index (χ0) is 79.9. The molecule has 0 aromatic heterocycles. The second kappa shape index (κ2) is 33.2. The second-order valence-electron chi connectivity index (χ2n) is 30.4. The van der Waals surface area contributed by atoms with E-state index in [1.54, 1.807) is 12.1 Å². The van der Waals surface area contributed by atoms with Crippen LogP contribution in [0.5, 0.6) is 40.2 Å². The molecule has 15 bridgehead atoms. The number of phenols is 2. The number of likely N-dealkylation sites (N-methyl/N-ethyl adjacent to an activating group) is 1. The summed E-state index contributed by atoms with van der Waals surface area (Å²) in [4.78, 5) is 121. The lowest BCUT2D eigenvalue weighted by Gasteiger charge is -2.54. The van der Waals surface area contributed by atoms with E-state index in [4.69, 9.17) is 43.1 Å². The molecular formula is C79H91Cl2N11O19S. The third-order valence-corrected chi connectivity index (χ3v) is 24.3. The fourth-order valence-corrected chi connectivity index (χ4v) is 18.4. The van der Waals surface area contributed by atoms with Crippen molar-refractivity contribution >= 4 is 80.5 Å². The van der Waals surface area contributed by atoms with Gasteiger partial charge in [0.2, 0.25) is 68.8 Å². The highest BCUT2D eigenvalue weighted by molar-refractivity contribution is 7.89. The summed E-state index contributed by atoms with van der Waals surface area (Å²) in [5.74, 6) is -13.6. The maximum Gasteiger partial charge on any atom is 0.248 e. The molecule has 9 atom stereocenters. The zero-order valence-corrected chi connectivity index (χ0v) is 64.1. The van der Waals surface area contributed by atoms with Gasteiger partial charge in [0.15, 0.2) is 11.5 Å². The van der Waals surface area contributed by atoms with Gasteiger partial charge in [-0.3, -0.25) is 38.4 Å². The number of aliphatic hydroxyl groups is 4. The number of rotatable bonds is 22. The molecule has 30 nitrogen and oxygen atoms in total. The third-order valence-electron chi connectivity index (χ3n) is 22.2. The van der Waals surface area contributed by atoms with Gasteiger partial charge in [0.1, 0.15) is 71.5 Å². The number of hydrogen-bond donors (Lipinski definition) is 17. The minimum atomic E-state index is -4.00. The van der Waals surface area contributed by atoms with Gasteiger partial charge in [-0.05, 0) is 206 Å². The molecule has 0 saturated heterocycles. The van der Waals surface area contributed by atoms with Crippen LogP contribution in [0.4, 0.5) is 0 Å². The monoisotopic (exact) mass is 1600 g/mol. The van der Waals surface area contributed by atoms with Crippen molar-refractivity contribution in [2.75, 3.05) is 26.7 Å². The summed E-state index contributed by atoms with van der Waals surface area (Å²) in [5.41, 5.74) is 3.80. The maximum absolute atomic E-state index is 16.0. The lowest BCUT2D eigenvalue weighted by molar-refractivity contribution is -0.138. The molecular weight excluding hydrogens is 1510 g/mol. The van der Waals surface area contributed by atoms with E-state index < -0.39 is 147 Å². The number of nitrogens with two attached hydrogens (primary N) is 1. The third kappa shape index (κ3) is 16.7. The second-order valence-corrected chi connectivity index (χ2v) is 33.0. The average molecular weight is 1600 g/mol. The lowest BCUT2D eigenvalue weighted by atomic mass is 9.54. The molecule has 0 spiro atoms. The van der Waals surface area contributed by atoms with Gasteiger partial charge in [-0.15, -0.1) is 0 Å². The molecule has 5 aliphatic carbocycles. The molecule has 8 amide bonds. The number of halogens is 2. The van der Waals surface area contributed by atoms with Crippen molar-refractivity contribution < 1.29 is 91.6 Å². The molecule has 33 heteroatoms. The standard InChI is InChI=1S/C79H91Cl2N11O19S/c1-5-6-7-21-109-45-12-14-46(15-13-45)112(107,108)85-20-8-19-84-35-49-55(93)33-48-61-47-28-39(9-16-50(47)79(105,106)62(49)61)64-74(100)92-68(78(104)90-66(48)76(102)87-63-42-24-37-23-38(26-42)27-43(63)25-37)70(96)41-11-18-57(52(81)30-41)111-59-32-44-31-58(71(59)97)110-56-17-10-40(29-51(56)80)69(95)67(91-72(98)53(83-4)22-36(2)3)77(103)86-54(34-60(82)94)73(99)88-65(44)75(101)89-64/h9-18,28-33,36-38,42-43,53-54,63-70,83-85,93,95-97,105-106H,5-8,19-27,34-35H2,1-4H3,(H2,82,94)(H,86,103)(H,87,102)(H,88,99)(H,89,101)(H,90,104)(H,91,98)(H,92,100)/t37?,38?,42?,43?,53-,54+,63?,64-,65-,66+,67-,68+,69-,70-/m1/s1. The smallest absolute Gasteiger partial charge is 0.248 e. The van der Waals surface area contributed by atoms with Gasteiger partial charge < -0.3 is 98.4 Å². The number of primary amides is 1. The van der Waals surface area contributed by atoms with Crippen LogP contribution >= 0.6 is 23.2 Å². The number of ether oxygens (including phenoxy) is 3. The summed E-state index contributed by atoms with van der Waals surface area (Å²) in [7, 11) is -2.49. The first-order valence-electron chi connectivity index (χ1n) is 37.6. The quantitative estimate of drug-likeness (QED) is 0.0300. The van der Waals surface area contributed by atoms with Crippen LogP contribution in [0, 0.1) is 29.6 Å². The Morgan fingerprint density at radius 1 is 0.679 bits per heavy atom. The van der Waals surface area contributed by atoms with Gasteiger partial charge in [-0.2, -0.15) is 0 Å². The first-order chi connectivity index (χ1) is 53.4. The molecule has 6 aromatic carbocycles. The van der Waals surface area contributed by atoms with Gasteiger partial charge >= 0.3 is 0 Å². The van der Waals surface area contributed by atoms with Crippen molar-refractivity contribution in [2.24, 2.45) is 35.3 Å². The lowest BCUT2D eigenvalue weighted by Crippen LogP contribution is -2.59. The van der Waals surface area contributed by atoms with E-state index >= 15 is 24.0 Å². The van der Waals surface area contributed by atoms with Crippen molar-refractivity contribution in [1.82, 2.24) is 52.6 Å². The van der Waals surface area contributed by atoms with Crippen molar-refractivity contribution in [2.45, 2.75) is 169 Å². The average Bonchev–Trinajstić information content (AvgIpc) is 1.55. The van der Waals surface area contributed by atoms with Crippen LogP contribution in [0.3, 0.4) is 0 Å². The number of aromatic hydroxyl groups is 2. The SMILES string of the molecule is CCCCCOc1ccc(S(=O)(=O)NCCCNCc2c(O)cc3c4c2C(O)(O)c2ccc(cc2-4)[C@H]2NC(=O)[C@@H]4NC(=O)[C@H](CC(N)=O)NC(=O)[C@H](NC(=O)[C@@H](CC(C)C)NC)[C@H](O)c5ccc(c(Cl)c5)Oc5cc4cc(c5O)Oc4ccc(cc4Cl)[C@@H](O)[C@H](NC2=O)C(=O)N[C@@H]3C(=O)NC2C3CC4CC(C3)CC2C4)cc1. The Morgan fingerprint density at radius 2 is 1.29 bits per heavy atom. The molecule has 18 N–H and O–H groups in total. The van der Waals surface area contributed by atoms with Gasteiger partial charge in [0.05, 0.1) is 34.0 Å². The molecule has 112 heavy (non-hydrogen) atoms. The summed E-state index contributed by atoms with van der Waals surface area (Å²) in [6.45, 7) is 5.92. The largest absolute Gasteiger partial charge is 0.508 e. The van der Waals surface area contributed by atoms with E-state index in [0.717, 1.165) is 63.5 Å². The Bertz CT molecular complexity index is 4790. The van der Waals surface area contributed by atoms with Crippen LogP contribution in [0.15, 0.2) is 102 Å². The molecule has 5 heterocycles. The van der Waals surface area contributed by atoms with E-state index in [9.17, 15) is 53.4 Å². The molecule has 0 radical (unpaired) electrons. The first kappa shape index (κ1) is 80.4. The van der Waals surface area contributed by atoms with Crippen LogP contribution in [0.25, 0.3) is 11.1 Å². The van der Waals surface area contributed by atoms with E-state index in [1.165, 1.54) is 79.8 Å². The zero-order valence-electron chi connectivity index (χ0n) is 61.7. The van der Waals surface area contributed by atoms with E-state index in [2.05, 4.69) is 59.5 Å². The number of fused-ring (bicyclic) bond motifs is 12. The topological polar surface area (TPSA) is 466 Å². The molecule has 6 aromatic rings. The normalized spacial score (nSPS) is 25.2. The predicted molar refractivity (Wildman–Crippen MR) is 406 cm³/mol. The predicted octanol–water partition coefficient (Wildman–Crippen LogP) is 5.37. The molecule has 10 aliphatic rings. The van der Waals surface area contributed by atoms with Crippen molar-refractivity contribution in [3.63, 3.8) is 0 Å². The molecule has 4 fully saturated rings. The Morgan fingerprint density at radius 3 is 1.91 bits per heavy atom. The number of carbonyl (C=O) groups excluding carboxylic acids is 8. The number of benzene rings is 6. The summed E-state index contributed by atoms with van der Waals surface area (Å²) < 4.78 is 47.8. The number of phenolic OH excluding ortho intramolecular Hbond substituents is 2. The van der Waals surface area contributed by atoms with Crippen LogP contribution in [0.1, 0.15) is 166 Å². The van der Waals surface area contributed by atoms with Crippen LogP contribution in [-0.2, 0) is 60.7 Å². The molecule has 4 saturated carbocycles. The highest BCUT2D eigenvalue weighted by Gasteiger charge is 2.52. The first-order valence-corrected chi connectivity index (χ1v) is 39.8. The number of aliphatic hydroxyl groups excluding tert-OH is 2. The summed E-state index contributed by atoms with van der Waals surface area (Å²) in [6.07, 6.45) is 2.67. The Labute approximate surface area is 655 Å². The molecule has 5 aliphatic heterocycles. The number of amides is 8. The summed E-state index contributed by atoms with van der Waals surface area (Å²) in [6, 6.07) is 6.91. The van der Waals surface area contributed by atoms with E-state index in [0.29, 0.717) is 24.2 Å². The number of unbranched alkanes of at least 4 members (excludes halogenated alkanes) is 2. The molecule has 16 rings (SSSR count). The highest BCUT2D eigenvalue weighted by Crippen LogP contribution is 2.56. The minimum absolute atomic E-state index is 0.00209. The fraction of sp³-hybridized carbons (Fsp3) is 0.443. The number of carbonyl (C=O) groups is 8. The number of sulfonamides is 1. The Balaban J connectivity index is 0.919. The van der Waals surface area contributed by atoms with Crippen molar-refractivity contribution in [3.8, 4) is 51.4 Å². The number of nitrogens with one attached hydrogen (secondary N) is 10. The fourth-order valence-electron chi connectivity index (χ4n) is 16.8. The Kier molecular flexibility index (Phi) is 23.8.